The van der Waals surface area contributed by atoms with E-state index >= 15 is 0 Å². The molecule has 132 valence electrons. The Hall–Kier alpha value is -1.91. The van der Waals surface area contributed by atoms with Crippen LogP contribution >= 0.6 is 23.2 Å². The highest BCUT2D eigenvalue weighted by molar-refractivity contribution is 6.35. The lowest BCUT2D eigenvalue weighted by Gasteiger charge is -2.32. The van der Waals surface area contributed by atoms with Crippen LogP contribution < -0.4 is 14.2 Å². The zero-order valence-corrected chi connectivity index (χ0v) is 15.7. The Morgan fingerprint density at radius 2 is 1.88 bits per heavy atom. The zero-order chi connectivity index (χ0) is 18.2. The first-order chi connectivity index (χ1) is 11.8. The van der Waals surface area contributed by atoms with Crippen molar-refractivity contribution in [3.05, 3.63) is 51.5 Å². The van der Waals surface area contributed by atoms with Crippen molar-refractivity contribution in [3.8, 4) is 17.2 Å². The van der Waals surface area contributed by atoms with Crippen LogP contribution in [0.2, 0.25) is 10.0 Å². The summed E-state index contributed by atoms with van der Waals surface area (Å²) in [6, 6.07) is 8.61. The number of methoxy groups -OCH3 is 1. The Bertz CT molecular complexity index is 810. The highest BCUT2D eigenvalue weighted by atomic mass is 35.5. The molecule has 0 saturated heterocycles. The molecule has 0 bridgehead atoms. The van der Waals surface area contributed by atoms with Gasteiger partial charge in [-0.1, -0.05) is 29.3 Å². The first kappa shape index (κ1) is 17.9. The molecule has 2 aromatic carbocycles. The number of hydrogen-bond acceptors (Lipinski definition) is 4. The van der Waals surface area contributed by atoms with E-state index < -0.39 is 5.60 Å². The Kier molecular flexibility index (Phi) is 4.85. The van der Waals surface area contributed by atoms with E-state index in [4.69, 9.17) is 37.4 Å². The average molecular weight is 381 g/mol. The zero-order valence-electron chi connectivity index (χ0n) is 14.2. The van der Waals surface area contributed by atoms with Crippen LogP contribution in [-0.4, -0.2) is 18.5 Å². The molecule has 25 heavy (non-hydrogen) atoms. The van der Waals surface area contributed by atoms with Gasteiger partial charge in [0.05, 0.1) is 13.5 Å². The first-order valence-corrected chi connectivity index (χ1v) is 8.56. The van der Waals surface area contributed by atoms with E-state index in [1.54, 1.807) is 37.4 Å². The normalized spacial score (nSPS) is 15.3. The third-order valence-electron chi connectivity index (χ3n) is 3.96. The first-order valence-electron chi connectivity index (χ1n) is 7.80. The van der Waals surface area contributed by atoms with Crippen molar-refractivity contribution < 1.29 is 19.0 Å². The molecule has 0 radical (unpaired) electrons. The summed E-state index contributed by atoms with van der Waals surface area (Å²) in [5.74, 6) is 1.37. The molecule has 1 aliphatic heterocycles. The molecule has 0 unspecified atom stereocenters. The molecule has 0 N–H and O–H groups in total. The molecule has 0 aliphatic carbocycles. The minimum absolute atomic E-state index is 0.0332. The number of hydrogen-bond donors (Lipinski definition) is 0. The minimum atomic E-state index is -0.570. The molecule has 0 spiro atoms. The summed E-state index contributed by atoms with van der Waals surface area (Å²) in [5, 5.41) is 1.01. The molecular weight excluding hydrogens is 363 g/mol. The molecule has 4 nitrogen and oxygen atoms in total. The van der Waals surface area contributed by atoms with E-state index in [1.807, 2.05) is 13.8 Å². The molecular formula is C19H18Cl2O4. The van der Waals surface area contributed by atoms with Gasteiger partial charge in [0.15, 0.2) is 5.78 Å². The molecule has 1 aliphatic rings. The molecule has 1 heterocycles. The predicted octanol–water partition coefficient (Wildman–Crippen LogP) is 5.32. The smallest absolute Gasteiger partial charge is 0.174 e. The van der Waals surface area contributed by atoms with Gasteiger partial charge in [-0.25, -0.2) is 0 Å². The number of benzene rings is 2. The van der Waals surface area contributed by atoms with Gasteiger partial charge in [-0.3, -0.25) is 4.79 Å². The monoisotopic (exact) mass is 380 g/mol. The van der Waals surface area contributed by atoms with Gasteiger partial charge in [0.2, 0.25) is 0 Å². The maximum absolute atomic E-state index is 12.6. The molecule has 6 heteroatoms. The van der Waals surface area contributed by atoms with Crippen molar-refractivity contribution in [2.75, 3.05) is 7.11 Å². The predicted molar refractivity (Wildman–Crippen MR) is 97.4 cm³/mol. The standard InChI is InChI=1S/C19H18Cl2O4/c1-19(2)9-15(22)18-16(7-11(23-3)8-17(18)25-19)24-10-12-13(20)5-4-6-14(12)21/h4-8H,9-10H2,1-3H3. The average Bonchev–Trinajstić information content (AvgIpc) is 2.52. The molecule has 0 fully saturated rings. The van der Waals surface area contributed by atoms with Gasteiger partial charge in [-0.15, -0.1) is 0 Å². The van der Waals surface area contributed by atoms with Crippen LogP contribution in [0.25, 0.3) is 0 Å². The number of halogens is 2. The van der Waals surface area contributed by atoms with Crippen LogP contribution in [0.3, 0.4) is 0 Å². The number of rotatable bonds is 4. The van der Waals surface area contributed by atoms with Crippen molar-refractivity contribution in [1.82, 2.24) is 0 Å². The van der Waals surface area contributed by atoms with Crippen molar-refractivity contribution in [1.29, 1.82) is 0 Å². The Morgan fingerprint density at radius 3 is 2.52 bits per heavy atom. The highest BCUT2D eigenvalue weighted by Gasteiger charge is 2.35. The quantitative estimate of drug-likeness (QED) is 0.719. The Balaban J connectivity index is 1.98. The van der Waals surface area contributed by atoms with Gasteiger partial charge in [-0.05, 0) is 26.0 Å². The Morgan fingerprint density at radius 1 is 1.20 bits per heavy atom. The maximum Gasteiger partial charge on any atom is 0.174 e. The lowest BCUT2D eigenvalue weighted by atomic mass is 9.92. The van der Waals surface area contributed by atoms with Crippen molar-refractivity contribution in [2.24, 2.45) is 0 Å². The fourth-order valence-corrected chi connectivity index (χ4v) is 3.29. The number of ketones is 1. The number of carbonyl (C=O) groups is 1. The Labute approximate surface area is 156 Å². The van der Waals surface area contributed by atoms with Crippen molar-refractivity contribution in [2.45, 2.75) is 32.5 Å². The van der Waals surface area contributed by atoms with Gasteiger partial charge in [0.25, 0.3) is 0 Å². The van der Waals surface area contributed by atoms with E-state index in [9.17, 15) is 4.79 Å². The highest BCUT2D eigenvalue weighted by Crippen LogP contribution is 2.42. The van der Waals surface area contributed by atoms with Crippen molar-refractivity contribution in [3.63, 3.8) is 0 Å². The van der Waals surface area contributed by atoms with Crippen LogP contribution in [0.15, 0.2) is 30.3 Å². The SMILES string of the molecule is COc1cc(OCc2c(Cl)cccc2Cl)c2c(c1)OC(C)(C)CC2=O. The third-order valence-corrected chi connectivity index (χ3v) is 4.67. The maximum atomic E-state index is 12.6. The number of ether oxygens (including phenoxy) is 3. The van der Waals surface area contributed by atoms with Gasteiger partial charge >= 0.3 is 0 Å². The van der Waals surface area contributed by atoms with E-state index in [0.717, 1.165) is 0 Å². The summed E-state index contributed by atoms with van der Waals surface area (Å²) in [4.78, 5) is 12.6. The van der Waals surface area contributed by atoms with Crippen LogP contribution in [0.5, 0.6) is 17.2 Å². The van der Waals surface area contributed by atoms with Gasteiger partial charge in [-0.2, -0.15) is 0 Å². The summed E-state index contributed by atoms with van der Waals surface area (Å²) in [6.07, 6.45) is 0.273. The largest absolute Gasteiger partial charge is 0.496 e. The van der Waals surface area contributed by atoms with Gasteiger partial charge in [0.1, 0.15) is 35.0 Å². The summed E-state index contributed by atoms with van der Waals surface area (Å²) < 4.78 is 17.1. The van der Waals surface area contributed by atoms with Crippen LogP contribution in [0.1, 0.15) is 36.2 Å². The lowest BCUT2D eigenvalue weighted by Crippen LogP contribution is -2.36. The summed E-state index contributed by atoms with van der Waals surface area (Å²) >= 11 is 12.4. The fraction of sp³-hybridized carbons (Fsp3) is 0.316. The minimum Gasteiger partial charge on any atom is -0.496 e. The van der Waals surface area contributed by atoms with Crippen molar-refractivity contribution >= 4 is 29.0 Å². The molecule has 0 aromatic heterocycles. The number of carbonyl (C=O) groups excluding carboxylic acids is 1. The summed E-state index contributed by atoms with van der Waals surface area (Å²) in [5.41, 5.74) is 0.509. The third kappa shape index (κ3) is 3.70. The number of fused-ring (bicyclic) bond motifs is 1. The second kappa shape index (κ2) is 6.77. The molecule has 0 saturated carbocycles. The number of Topliss-reactive ketones (excluding diaryl/α,β-unsaturated/α-hetero) is 1. The second-order valence-electron chi connectivity index (χ2n) is 6.45. The van der Waals surface area contributed by atoms with Crippen LogP contribution in [0.4, 0.5) is 0 Å². The second-order valence-corrected chi connectivity index (χ2v) is 7.26. The fourth-order valence-electron chi connectivity index (χ4n) is 2.78. The van der Waals surface area contributed by atoms with Gasteiger partial charge < -0.3 is 14.2 Å². The van der Waals surface area contributed by atoms with E-state index in [0.29, 0.717) is 38.4 Å². The molecule has 3 rings (SSSR count). The van der Waals surface area contributed by atoms with Gasteiger partial charge in [0, 0.05) is 27.7 Å². The van der Waals surface area contributed by atoms with E-state index in [1.165, 1.54) is 0 Å². The van der Waals surface area contributed by atoms with Crippen LogP contribution in [-0.2, 0) is 6.61 Å². The molecule has 2 aromatic rings. The molecule has 0 atom stereocenters. The molecule has 0 amide bonds. The van der Waals surface area contributed by atoms with E-state index in [-0.39, 0.29) is 18.8 Å². The summed E-state index contributed by atoms with van der Waals surface area (Å²) in [6.45, 7) is 3.88. The lowest BCUT2D eigenvalue weighted by molar-refractivity contribution is 0.0609. The van der Waals surface area contributed by atoms with E-state index in [2.05, 4.69) is 0 Å². The van der Waals surface area contributed by atoms with Crippen LogP contribution in [0, 0.1) is 0 Å². The summed E-state index contributed by atoms with van der Waals surface area (Å²) in [7, 11) is 1.55. The topological polar surface area (TPSA) is 44.8 Å².